The number of H-pyrrole nitrogens is 1. The number of carboxylic acid groups (broad SMARTS) is 1. The molecule has 6 atom stereocenters. The van der Waals surface area contributed by atoms with Gasteiger partial charge in [-0.25, -0.2) is 9.78 Å². The van der Waals surface area contributed by atoms with E-state index < -0.39 is 66.0 Å². The quantitative estimate of drug-likeness (QED) is 0.123. The molecule has 0 aromatic carbocycles. The molecule has 0 fully saturated rings. The number of aromatic nitrogens is 2. The number of carboxylic acids is 1. The highest BCUT2D eigenvalue weighted by atomic mass is 16.4. The van der Waals surface area contributed by atoms with Gasteiger partial charge in [-0.05, 0) is 20.3 Å². The van der Waals surface area contributed by atoms with Crippen LogP contribution in [0.2, 0.25) is 0 Å². The molecule has 0 radical (unpaired) electrons. The van der Waals surface area contributed by atoms with E-state index >= 15 is 0 Å². The number of amides is 4. The molecule has 11 N–H and O–H groups in total. The molecule has 34 heavy (non-hydrogen) atoms. The highest BCUT2D eigenvalue weighted by molar-refractivity contribution is 5.94. The molecule has 4 amide bonds. The van der Waals surface area contributed by atoms with Crippen LogP contribution in [-0.2, 0) is 30.4 Å². The maximum Gasteiger partial charge on any atom is 0.328 e. The van der Waals surface area contributed by atoms with Crippen LogP contribution in [0.4, 0.5) is 0 Å². The highest BCUT2D eigenvalue weighted by Crippen LogP contribution is 2.04. The molecule has 1 heterocycles. The van der Waals surface area contributed by atoms with Crippen molar-refractivity contribution in [1.82, 2.24) is 25.9 Å². The molecule has 1 aromatic heterocycles. The summed E-state index contributed by atoms with van der Waals surface area (Å²) in [6.45, 7) is 2.30. The third-order valence-electron chi connectivity index (χ3n) is 4.75. The minimum absolute atomic E-state index is 0.0740. The summed E-state index contributed by atoms with van der Waals surface area (Å²) < 4.78 is 0. The number of hydrogen-bond acceptors (Lipinski definition) is 9. The maximum absolute atomic E-state index is 12.8. The Kier molecular flexibility index (Phi) is 11.1. The summed E-state index contributed by atoms with van der Waals surface area (Å²) in [6, 6.07) is -5.77. The van der Waals surface area contributed by atoms with E-state index in [1.165, 1.54) is 19.4 Å². The molecular weight excluding hydrogens is 454 g/mol. The zero-order chi connectivity index (χ0) is 26.0. The number of nitrogens with two attached hydrogens (primary N) is 2. The van der Waals surface area contributed by atoms with Crippen LogP contribution < -0.4 is 27.4 Å². The number of carbonyl (C=O) groups excluding carboxylic acids is 4. The number of nitrogens with zero attached hydrogens (tertiary/aromatic N) is 1. The first kappa shape index (κ1) is 28.5. The fraction of sp³-hybridized carbons (Fsp3) is 0.579. The average molecular weight is 485 g/mol. The lowest BCUT2D eigenvalue weighted by Gasteiger charge is -2.27. The first-order valence-electron chi connectivity index (χ1n) is 10.3. The minimum Gasteiger partial charge on any atom is -0.480 e. The molecule has 0 bridgehead atoms. The third-order valence-corrected chi connectivity index (χ3v) is 4.75. The van der Waals surface area contributed by atoms with Gasteiger partial charge in [0.2, 0.25) is 23.6 Å². The Morgan fingerprint density at radius 2 is 1.59 bits per heavy atom. The lowest BCUT2D eigenvalue weighted by atomic mass is 10.1. The topological polar surface area (TPSA) is 263 Å². The summed E-state index contributed by atoms with van der Waals surface area (Å²) in [5.41, 5.74) is 11.6. The number of aromatic amines is 1. The predicted molar refractivity (Wildman–Crippen MR) is 115 cm³/mol. The van der Waals surface area contributed by atoms with Crippen LogP contribution in [0.3, 0.4) is 0 Å². The van der Waals surface area contributed by atoms with E-state index in [1.54, 1.807) is 0 Å². The molecule has 15 nitrogen and oxygen atoms in total. The molecule has 0 aliphatic carbocycles. The monoisotopic (exact) mass is 485 g/mol. The van der Waals surface area contributed by atoms with Crippen molar-refractivity contribution in [3.63, 3.8) is 0 Å². The summed E-state index contributed by atoms with van der Waals surface area (Å²) in [6.07, 6.45) is -0.533. The Morgan fingerprint density at radius 1 is 1.00 bits per heavy atom. The number of imidazole rings is 1. The van der Waals surface area contributed by atoms with Gasteiger partial charge in [-0.3, -0.25) is 19.2 Å². The number of hydrogen-bond donors (Lipinski definition) is 9. The molecule has 190 valence electrons. The number of aliphatic hydroxyl groups excluding tert-OH is 2. The number of primary amides is 1. The lowest BCUT2D eigenvalue weighted by molar-refractivity contribution is -0.146. The van der Waals surface area contributed by atoms with Gasteiger partial charge in [0.25, 0.3) is 0 Å². The van der Waals surface area contributed by atoms with Crippen LogP contribution in [0, 0.1) is 0 Å². The standard InChI is InChI=1S/C19H31N7O8/c1-8(27)14(18(32)26-15(9(2)28)19(33)34)25-17(31)12(3-4-13(21)29)24-16(30)11(20)5-10-6-22-7-23-10/h6-9,11-12,14-15,27-28H,3-5,20H2,1-2H3,(H2,21,29)(H,22,23)(H,24,30)(H,25,31)(H,26,32)(H,33,34). The highest BCUT2D eigenvalue weighted by Gasteiger charge is 2.34. The van der Waals surface area contributed by atoms with Crippen LogP contribution in [0.25, 0.3) is 0 Å². The first-order valence-corrected chi connectivity index (χ1v) is 10.3. The third kappa shape index (κ3) is 9.13. The molecule has 1 rings (SSSR count). The number of nitrogens with one attached hydrogen (secondary N) is 4. The molecule has 0 saturated carbocycles. The largest absolute Gasteiger partial charge is 0.480 e. The summed E-state index contributed by atoms with van der Waals surface area (Å²) in [7, 11) is 0. The van der Waals surface area contributed by atoms with Gasteiger partial charge in [-0.1, -0.05) is 0 Å². The summed E-state index contributed by atoms with van der Waals surface area (Å²) in [5.74, 6) is -5.06. The van der Waals surface area contributed by atoms with Crippen LogP contribution in [0.15, 0.2) is 12.5 Å². The fourth-order valence-electron chi connectivity index (χ4n) is 2.85. The van der Waals surface area contributed by atoms with Gasteiger partial charge < -0.3 is 47.7 Å². The Bertz CT molecular complexity index is 859. The van der Waals surface area contributed by atoms with E-state index in [4.69, 9.17) is 16.6 Å². The molecule has 0 spiro atoms. The number of rotatable bonds is 14. The Balaban J connectivity index is 2.94. The summed E-state index contributed by atoms with van der Waals surface area (Å²) in [5, 5.41) is 35.2. The Hall–Kier alpha value is -3.56. The molecule has 0 aliphatic heterocycles. The van der Waals surface area contributed by atoms with Gasteiger partial charge in [0, 0.05) is 24.7 Å². The van der Waals surface area contributed by atoms with Gasteiger partial charge >= 0.3 is 5.97 Å². The number of carbonyl (C=O) groups is 5. The fourth-order valence-corrected chi connectivity index (χ4v) is 2.85. The van der Waals surface area contributed by atoms with E-state index in [2.05, 4.69) is 20.6 Å². The average Bonchev–Trinajstić information content (AvgIpc) is 3.24. The summed E-state index contributed by atoms with van der Waals surface area (Å²) in [4.78, 5) is 66.8. The van der Waals surface area contributed by atoms with Crippen LogP contribution in [0.1, 0.15) is 32.4 Å². The van der Waals surface area contributed by atoms with E-state index in [0.29, 0.717) is 5.69 Å². The Morgan fingerprint density at radius 3 is 2.06 bits per heavy atom. The maximum atomic E-state index is 12.8. The molecule has 6 unspecified atom stereocenters. The number of aliphatic hydroxyl groups is 2. The zero-order valence-electron chi connectivity index (χ0n) is 18.7. The van der Waals surface area contributed by atoms with Crippen LogP contribution >= 0.6 is 0 Å². The van der Waals surface area contributed by atoms with Gasteiger partial charge in [0.15, 0.2) is 6.04 Å². The molecular formula is C19H31N7O8. The van der Waals surface area contributed by atoms with E-state index in [1.807, 2.05) is 5.32 Å². The van der Waals surface area contributed by atoms with Crippen LogP contribution in [-0.4, -0.2) is 91.3 Å². The second-order valence-electron chi connectivity index (χ2n) is 7.75. The summed E-state index contributed by atoms with van der Waals surface area (Å²) >= 11 is 0. The molecule has 1 aromatic rings. The normalized spacial score (nSPS) is 16.3. The van der Waals surface area contributed by atoms with E-state index in [-0.39, 0.29) is 19.3 Å². The van der Waals surface area contributed by atoms with Gasteiger partial charge in [-0.15, -0.1) is 0 Å². The van der Waals surface area contributed by atoms with Crippen molar-refractivity contribution in [2.24, 2.45) is 11.5 Å². The lowest BCUT2D eigenvalue weighted by Crippen LogP contribution is -2.61. The SMILES string of the molecule is CC(O)C(NC(=O)C(NC(=O)C(CCC(N)=O)NC(=O)C(N)Cc1cnc[nH]1)C(C)O)C(=O)O. The second kappa shape index (κ2) is 13.2. The Labute approximate surface area is 194 Å². The van der Waals surface area contributed by atoms with Gasteiger partial charge in [-0.2, -0.15) is 0 Å². The minimum atomic E-state index is -1.70. The van der Waals surface area contributed by atoms with Crippen molar-refractivity contribution >= 4 is 29.6 Å². The van der Waals surface area contributed by atoms with E-state index in [9.17, 15) is 34.2 Å². The second-order valence-corrected chi connectivity index (χ2v) is 7.75. The van der Waals surface area contributed by atoms with Crippen molar-refractivity contribution in [1.29, 1.82) is 0 Å². The van der Waals surface area contributed by atoms with Crippen LogP contribution in [0.5, 0.6) is 0 Å². The van der Waals surface area contributed by atoms with Gasteiger partial charge in [0.05, 0.1) is 24.6 Å². The van der Waals surface area contributed by atoms with Crippen molar-refractivity contribution in [2.45, 2.75) is 69.5 Å². The molecule has 0 aliphatic rings. The predicted octanol–water partition coefficient (Wildman–Crippen LogP) is -4.15. The van der Waals surface area contributed by atoms with Crippen molar-refractivity contribution in [2.75, 3.05) is 0 Å². The van der Waals surface area contributed by atoms with Gasteiger partial charge in [0.1, 0.15) is 12.1 Å². The first-order chi connectivity index (χ1) is 15.8. The molecule has 15 heteroatoms. The smallest absolute Gasteiger partial charge is 0.328 e. The zero-order valence-corrected chi connectivity index (χ0v) is 18.7. The van der Waals surface area contributed by atoms with Crippen molar-refractivity contribution < 1.29 is 39.3 Å². The molecule has 0 saturated heterocycles. The van der Waals surface area contributed by atoms with Crippen molar-refractivity contribution in [3.8, 4) is 0 Å². The number of aliphatic carboxylic acids is 1. The van der Waals surface area contributed by atoms with E-state index in [0.717, 1.165) is 6.92 Å². The van der Waals surface area contributed by atoms with Crippen molar-refractivity contribution in [3.05, 3.63) is 18.2 Å².